The molecular formula is C13H15FO4. The van der Waals surface area contributed by atoms with E-state index in [2.05, 4.69) is 0 Å². The highest BCUT2D eigenvalue weighted by Crippen LogP contribution is 2.21. The number of hydrogen-bond donors (Lipinski definition) is 0. The molecule has 5 heteroatoms. The van der Waals surface area contributed by atoms with Crippen molar-refractivity contribution in [1.82, 2.24) is 0 Å². The van der Waals surface area contributed by atoms with Crippen molar-refractivity contribution in [2.75, 3.05) is 13.7 Å². The first-order valence-electron chi connectivity index (χ1n) is 5.70. The number of rotatable bonds is 5. The zero-order chi connectivity index (χ0) is 13.0. The minimum atomic E-state index is -1.68. The van der Waals surface area contributed by atoms with Crippen LogP contribution in [-0.2, 0) is 25.6 Å². The number of ether oxygens (including phenoxy) is 3. The summed E-state index contributed by atoms with van der Waals surface area (Å²) < 4.78 is 28.7. The molecule has 1 saturated heterocycles. The molecule has 3 atom stereocenters. The molecule has 98 valence electrons. The minimum absolute atomic E-state index is 0.0294. The molecule has 1 aromatic rings. The number of ketones is 1. The van der Waals surface area contributed by atoms with Gasteiger partial charge in [-0.1, -0.05) is 30.3 Å². The largest absolute Gasteiger partial charge is 0.374 e. The van der Waals surface area contributed by atoms with E-state index in [9.17, 15) is 9.18 Å². The monoisotopic (exact) mass is 254 g/mol. The number of halogens is 1. The summed E-state index contributed by atoms with van der Waals surface area (Å²) in [5, 5.41) is 0. The number of methoxy groups -OCH3 is 1. The molecule has 1 aromatic carbocycles. The Labute approximate surface area is 105 Å². The summed E-state index contributed by atoms with van der Waals surface area (Å²) in [6.45, 7) is 0.390. The van der Waals surface area contributed by atoms with Crippen LogP contribution < -0.4 is 0 Å². The third kappa shape index (κ3) is 2.93. The van der Waals surface area contributed by atoms with Crippen molar-refractivity contribution in [2.24, 2.45) is 0 Å². The smallest absolute Gasteiger partial charge is 0.225 e. The van der Waals surface area contributed by atoms with Crippen molar-refractivity contribution < 1.29 is 23.4 Å². The summed E-state index contributed by atoms with van der Waals surface area (Å²) in [4.78, 5) is 11.3. The van der Waals surface area contributed by atoms with Crippen LogP contribution in [0.3, 0.4) is 0 Å². The molecule has 4 nitrogen and oxygen atoms in total. The highest BCUT2D eigenvalue weighted by molar-refractivity contribution is 5.88. The summed E-state index contributed by atoms with van der Waals surface area (Å²) in [5.41, 5.74) is 0.987. The first-order chi connectivity index (χ1) is 8.72. The molecule has 0 N–H and O–H groups in total. The second kappa shape index (κ2) is 6.04. The summed E-state index contributed by atoms with van der Waals surface area (Å²) in [6, 6.07) is 9.51. The van der Waals surface area contributed by atoms with E-state index in [4.69, 9.17) is 14.2 Å². The number of alkyl halides is 1. The SMILES string of the molecule is CO[C@H]1OC(COCc2ccccc2)[C@@H](F)C1=O. The fraction of sp³-hybridized carbons (Fsp3) is 0.462. The highest BCUT2D eigenvalue weighted by atomic mass is 19.1. The molecule has 1 aliphatic heterocycles. The normalized spacial score (nSPS) is 27.7. The molecule has 0 amide bonds. The van der Waals surface area contributed by atoms with Crippen molar-refractivity contribution in [3.63, 3.8) is 0 Å². The lowest BCUT2D eigenvalue weighted by Crippen LogP contribution is -2.27. The van der Waals surface area contributed by atoms with Gasteiger partial charge in [0.15, 0.2) is 6.17 Å². The van der Waals surface area contributed by atoms with Crippen LogP contribution in [0.1, 0.15) is 5.56 Å². The van der Waals surface area contributed by atoms with Gasteiger partial charge >= 0.3 is 0 Å². The molecule has 0 bridgehead atoms. The van der Waals surface area contributed by atoms with Crippen LogP contribution in [0, 0.1) is 0 Å². The number of carbonyl (C=O) groups is 1. The van der Waals surface area contributed by atoms with E-state index in [1.54, 1.807) is 0 Å². The van der Waals surface area contributed by atoms with Gasteiger partial charge in [0.2, 0.25) is 12.1 Å². The van der Waals surface area contributed by atoms with E-state index in [1.807, 2.05) is 30.3 Å². The van der Waals surface area contributed by atoms with Crippen LogP contribution in [0.25, 0.3) is 0 Å². The zero-order valence-electron chi connectivity index (χ0n) is 10.0. The maximum absolute atomic E-state index is 13.5. The van der Waals surface area contributed by atoms with E-state index in [-0.39, 0.29) is 6.61 Å². The lowest BCUT2D eigenvalue weighted by atomic mass is 10.2. The van der Waals surface area contributed by atoms with Crippen molar-refractivity contribution >= 4 is 5.78 Å². The highest BCUT2D eigenvalue weighted by Gasteiger charge is 2.44. The van der Waals surface area contributed by atoms with Crippen LogP contribution >= 0.6 is 0 Å². The Morgan fingerprint density at radius 1 is 1.33 bits per heavy atom. The predicted molar refractivity (Wildman–Crippen MR) is 61.7 cm³/mol. The lowest BCUT2D eigenvalue weighted by Gasteiger charge is -2.12. The summed E-state index contributed by atoms with van der Waals surface area (Å²) in [5.74, 6) is -0.675. The average molecular weight is 254 g/mol. The maximum Gasteiger partial charge on any atom is 0.225 e. The van der Waals surface area contributed by atoms with E-state index in [0.717, 1.165) is 5.56 Å². The molecule has 1 heterocycles. The molecule has 1 unspecified atom stereocenters. The molecule has 1 aliphatic rings. The van der Waals surface area contributed by atoms with Crippen LogP contribution in [0.5, 0.6) is 0 Å². The van der Waals surface area contributed by atoms with Gasteiger partial charge in [-0.2, -0.15) is 0 Å². The molecule has 18 heavy (non-hydrogen) atoms. The zero-order valence-corrected chi connectivity index (χ0v) is 10.0. The predicted octanol–water partition coefficient (Wildman–Crippen LogP) is 1.48. The lowest BCUT2D eigenvalue weighted by molar-refractivity contribution is -0.154. The number of carbonyl (C=O) groups excluding carboxylic acids is 1. The second-order valence-electron chi connectivity index (χ2n) is 4.05. The number of hydrogen-bond acceptors (Lipinski definition) is 4. The van der Waals surface area contributed by atoms with E-state index in [1.165, 1.54) is 7.11 Å². The van der Waals surface area contributed by atoms with Gasteiger partial charge in [0.25, 0.3) is 0 Å². The van der Waals surface area contributed by atoms with E-state index in [0.29, 0.717) is 6.61 Å². The molecule has 0 aliphatic carbocycles. The minimum Gasteiger partial charge on any atom is -0.374 e. The first kappa shape index (κ1) is 13.1. The molecule has 1 fully saturated rings. The topological polar surface area (TPSA) is 44.8 Å². The standard InChI is InChI=1S/C13H15FO4/c1-16-13-12(15)11(14)10(18-13)8-17-7-9-5-3-2-4-6-9/h2-6,10-11,13H,7-8H2,1H3/t10?,11-,13+/m1/s1. The van der Waals surface area contributed by atoms with Crippen molar-refractivity contribution in [3.8, 4) is 0 Å². The first-order valence-corrected chi connectivity index (χ1v) is 5.70. The fourth-order valence-electron chi connectivity index (χ4n) is 1.77. The van der Waals surface area contributed by atoms with Gasteiger partial charge in [0.1, 0.15) is 6.10 Å². The van der Waals surface area contributed by atoms with Gasteiger partial charge in [0.05, 0.1) is 13.2 Å². The Balaban J connectivity index is 1.79. The third-order valence-corrected chi connectivity index (χ3v) is 2.74. The molecule has 0 saturated carbocycles. The van der Waals surface area contributed by atoms with Crippen LogP contribution in [0.2, 0.25) is 0 Å². The van der Waals surface area contributed by atoms with Gasteiger partial charge in [-0.05, 0) is 5.56 Å². The fourth-order valence-corrected chi connectivity index (χ4v) is 1.77. The molecule has 2 rings (SSSR count). The van der Waals surface area contributed by atoms with Gasteiger partial charge in [0, 0.05) is 7.11 Å². The van der Waals surface area contributed by atoms with Gasteiger partial charge in [-0.15, -0.1) is 0 Å². The van der Waals surface area contributed by atoms with Crippen LogP contribution in [0.15, 0.2) is 30.3 Å². The maximum atomic E-state index is 13.5. The Morgan fingerprint density at radius 2 is 2.06 bits per heavy atom. The molecule has 0 aromatic heterocycles. The summed E-state index contributed by atoms with van der Waals surface area (Å²) in [6.07, 6.45) is -3.66. The summed E-state index contributed by atoms with van der Waals surface area (Å²) in [7, 11) is 1.31. The Hall–Kier alpha value is -1.30. The Kier molecular flexibility index (Phi) is 4.41. The molecular weight excluding hydrogens is 239 g/mol. The van der Waals surface area contributed by atoms with Gasteiger partial charge in [-0.25, -0.2) is 4.39 Å². The number of Topliss-reactive ketones (excluding diaryl/α,β-unsaturated/α-hetero) is 1. The van der Waals surface area contributed by atoms with Gasteiger partial charge < -0.3 is 14.2 Å². The van der Waals surface area contributed by atoms with Crippen LogP contribution in [0.4, 0.5) is 4.39 Å². The van der Waals surface area contributed by atoms with E-state index < -0.39 is 24.3 Å². The van der Waals surface area contributed by atoms with Crippen LogP contribution in [-0.4, -0.2) is 38.1 Å². The van der Waals surface area contributed by atoms with E-state index >= 15 is 0 Å². The van der Waals surface area contributed by atoms with Crippen molar-refractivity contribution in [1.29, 1.82) is 0 Å². The molecule has 0 radical (unpaired) electrons. The summed E-state index contributed by atoms with van der Waals surface area (Å²) >= 11 is 0. The Morgan fingerprint density at radius 3 is 2.67 bits per heavy atom. The second-order valence-corrected chi connectivity index (χ2v) is 4.05. The number of benzene rings is 1. The Bertz CT molecular complexity index is 395. The quantitative estimate of drug-likeness (QED) is 0.798. The van der Waals surface area contributed by atoms with Crippen molar-refractivity contribution in [3.05, 3.63) is 35.9 Å². The van der Waals surface area contributed by atoms with Gasteiger partial charge in [-0.3, -0.25) is 4.79 Å². The molecule has 0 spiro atoms. The van der Waals surface area contributed by atoms with Crippen molar-refractivity contribution in [2.45, 2.75) is 25.2 Å². The third-order valence-electron chi connectivity index (χ3n) is 2.74. The average Bonchev–Trinajstić information content (AvgIpc) is 2.68.